The van der Waals surface area contributed by atoms with Crippen molar-refractivity contribution in [2.24, 2.45) is 0 Å². The summed E-state index contributed by atoms with van der Waals surface area (Å²) < 4.78 is 5.01. The molecule has 6 nitrogen and oxygen atoms in total. The highest BCUT2D eigenvalue weighted by Crippen LogP contribution is 2.22. The molecule has 0 saturated carbocycles. The molecule has 1 N–H and O–H groups in total. The van der Waals surface area contributed by atoms with Gasteiger partial charge in [0, 0.05) is 20.1 Å². The van der Waals surface area contributed by atoms with Crippen molar-refractivity contribution >= 4 is 22.5 Å². The van der Waals surface area contributed by atoms with Gasteiger partial charge in [-0.1, -0.05) is 25.2 Å². The first-order valence-electron chi connectivity index (χ1n) is 5.81. The molecule has 1 aromatic rings. The average molecular weight is 272 g/mol. The van der Waals surface area contributed by atoms with E-state index in [9.17, 15) is 4.79 Å². The number of likely N-dealkylation sites (N-methyl/N-ethyl adjacent to an activating group) is 1. The first-order chi connectivity index (χ1) is 8.45. The van der Waals surface area contributed by atoms with Gasteiger partial charge < -0.3 is 9.64 Å². The summed E-state index contributed by atoms with van der Waals surface area (Å²) in [4.78, 5) is 13.5. The molecule has 0 aliphatic carbocycles. The molecule has 2 amide bonds. The molecule has 18 heavy (non-hydrogen) atoms. The molecule has 0 spiro atoms. The molecule has 0 bridgehead atoms. The number of nitrogens with one attached hydrogen (secondary N) is 1. The topological polar surface area (TPSA) is 67.3 Å². The van der Waals surface area contributed by atoms with Crippen LogP contribution in [0.4, 0.5) is 9.93 Å². The molecule has 1 rings (SSSR count). The Balaban J connectivity index is 2.58. The minimum atomic E-state index is -0.203. The van der Waals surface area contributed by atoms with Gasteiger partial charge in [-0.05, 0) is 6.92 Å². The van der Waals surface area contributed by atoms with Gasteiger partial charge in [0.2, 0.25) is 5.13 Å². The largest absolute Gasteiger partial charge is 0.383 e. The lowest BCUT2D eigenvalue weighted by molar-refractivity contribution is 0.128. The van der Waals surface area contributed by atoms with E-state index < -0.39 is 0 Å². The Morgan fingerprint density at radius 1 is 1.44 bits per heavy atom. The monoisotopic (exact) mass is 272 g/mol. The van der Waals surface area contributed by atoms with Crippen molar-refractivity contribution < 1.29 is 9.53 Å². The van der Waals surface area contributed by atoms with Crippen molar-refractivity contribution in [1.29, 1.82) is 0 Å². The van der Waals surface area contributed by atoms with Gasteiger partial charge in [0.1, 0.15) is 5.01 Å². The van der Waals surface area contributed by atoms with E-state index in [1.807, 2.05) is 20.8 Å². The van der Waals surface area contributed by atoms with Crippen LogP contribution in [-0.2, 0) is 4.74 Å². The summed E-state index contributed by atoms with van der Waals surface area (Å²) in [5.41, 5.74) is 0. The highest BCUT2D eigenvalue weighted by molar-refractivity contribution is 7.15. The fourth-order valence-corrected chi connectivity index (χ4v) is 1.99. The summed E-state index contributed by atoms with van der Waals surface area (Å²) >= 11 is 1.40. The molecular formula is C11H20N4O2S. The van der Waals surface area contributed by atoms with E-state index in [0.717, 1.165) is 5.01 Å². The minimum absolute atomic E-state index is 0.00694. The van der Waals surface area contributed by atoms with Gasteiger partial charge in [0.05, 0.1) is 12.6 Å². The fourth-order valence-electron chi connectivity index (χ4n) is 1.25. The molecule has 0 unspecified atom stereocenters. The molecule has 1 atom stereocenters. The van der Waals surface area contributed by atoms with Crippen LogP contribution in [0.1, 0.15) is 31.7 Å². The zero-order valence-corrected chi connectivity index (χ0v) is 12.2. The third-order valence-corrected chi connectivity index (χ3v) is 3.68. The van der Waals surface area contributed by atoms with Gasteiger partial charge in [0.25, 0.3) is 0 Å². The van der Waals surface area contributed by atoms with Crippen molar-refractivity contribution in [3.8, 4) is 0 Å². The highest BCUT2D eigenvalue weighted by atomic mass is 32.1. The zero-order chi connectivity index (χ0) is 13.7. The van der Waals surface area contributed by atoms with Crippen LogP contribution in [0.3, 0.4) is 0 Å². The quantitative estimate of drug-likeness (QED) is 0.892. The number of aromatic nitrogens is 2. The molecule has 0 aliphatic rings. The van der Waals surface area contributed by atoms with E-state index in [-0.39, 0.29) is 12.1 Å². The Hall–Kier alpha value is -1.21. The van der Waals surface area contributed by atoms with Crippen LogP contribution in [-0.4, -0.2) is 47.9 Å². The van der Waals surface area contributed by atoms with Crippen molar-refractivity contribution in [3.63, 3.8) is 0 Å². The summed E-state index contributed by atoms with van der Waals surface area (Å²) in [5.74, 6) is 0.318. The number of amides is 2. The van der Waals surface area contributed by atoms with E-state index in [1.54, 1.807) is 19.1 Å². The van der Waals surface area contributed by atoms with Gasteiger partial charge in [-0.3, -0.25) is 5.32 Å². The number of urea groups is 1. The van der Waals surface area contributed by atoms with E-state index in [0.29, 0.717) is 17.7 Å². The van der Waals surface area contributed by atoms with Crippen molar-refractivity contribution in [1.82, 2.24) is 15.1 Å². The lowest BCUT2D eigenvalue weighted by Crippen LogP contribution is -2.40. The second-order valence-electron chi connectivity index (χ2n) is 4.45. The van der Waals surface area contributed by atoms with E-state index in [2.05, 4.69) is 15.5 Å². The van der Waals surface area contributed by atoms with Crippen LogP contribution in [0.5, 0.6) is 0 Å². The molecule has 1 heterocycles. The first-order valence-corrected chi connectivity index (χ1v) is 6.63. The number of rotatable bonds is 5. The van der Waals surface area contributed by atoms with Crippen molar-refractivity contribution in [3.05, 3.63) is 5.01 Å². The Labute approximate surface area is 111 Å². The minimum Gasteiger partial charge on any atom is -0.383 e. The Bertz CT molecular complexity index is 394. The van der Waals surface area contributed by atoms with Gasteiger partial charge in [-0.25, -0.2) is 4.79 Å². The number of anilines is 1. The van der Waals surface area contributed by atoms with Crippen LogP contribution in [0.2, 0.25) is 0 Å². The molecule has 0 saturated heterocycles. The summed E-state index contributed by atoms with van der Waals surface area (Å²) in [6, 6.07) is -0.196. The summed E-state index contributed by atoms with van der Waals surface area (Å²) in [5, 5.41) is 12.1. The van der Waals surface area contributed by atoms with Gasteiger partial charge >= 0.3 is 6.03 Å². The molecule has 1 aromatic heterocycles. The average Bonchev–Trinajstić information content (AvgIpc) is 2.77. The summed E-state index contributed by atoms with van der Waals surface area (Å²) in [6.45, 7) is 6.50. The van der Waals surface area contributed by atoms with Crippen LogP contribution in [0, 0.1) is 0 Å². The van der Waals surface area contributed by atoms with Crippen LogP contribution < -0.4 is 5.32 Å². The number of nitrogens with zero attached hydrogens (tertiary/aromatic N) is 3. The number of methoxy groups -OCH3 is 1. The third-order valence-electron chi connectivity index (χ3n) is 2.54. The SMILES string of the molecule is COC[C@H](C)N(C)C(=O)Nc1nnc(C(C)C)s1. The Morgan fingerprint density at radius 3 is 2.61 bits per heavy atom. The maximum Gasteiger partial charge on any atom is 0.323 e. The predicted octanol–water partition coefficient (Wildman–Crippen LogP) is 2.16. The molecule has 102 valence electrons. The number of hydrogen-bond acceptors (Lipinski definition) is 5. The summed E-state index contributed by atoms with van der Waals surface area (Å²) in [6.07, 6.45) is 0. The molecular weight excluding hydrogens is 252 g/mol. The number of carbonyl (C=O) groups excluding carboxylic acids is 1. The fraction of sp³-hybridized carbons (Fsp3) is 0.727. The van der Waals surface area contributed by atoms with E-state index >= 15 is 0 Å². The molecule has 0 fully saturated rings. The lowest BCUT2D eigenvalue weighted by atomic mass is 10.2. The highest BCUT2D eigenvalue weighted by Gasteiger charge is 2.17. The Morgan fingerprint density at radius 2 is 2.11 bits per heavy atom. The number of ether oxygens (including phenoxy) is 1. The molecule has 0 aliphatic heterocycles. The van der Waals surface area contributed by atoms with E-state index in [4.69, 9.17) is 4.74 Å². The normalized spacial score (nSPS) is 12.6. The summed E-state index contributed by atoms with van der Waals surface area (Å²) in [7, 11) is 3.34. The Kier molecular flexibility index (Phi) is 5.49. The molecule has 7 heteroatoms. The molecule has 0 radical (unpaired) electrons. The van der Waals surface area contributed by atoms with Gasteiger partial charge in [-0.2, -0.15) is 0 Å². The first kappa shape index (κ1) is 14.8. The van der Waals surface area contributed by atoms with Gasteiger partial charge in [-0.15, -0.1) is 10.2 Å². The second-order valence-corrected chi connectivity index (χ2v) is 5.45. The zero-order valence-electron chi connectivity index (χ0n) is 11.4. The smallest absolute Gasteiger partial charge is 0.323 e. The van der Waals surface area contributed by atoms with E-state index in [1.165, 1.54) is 11.3 Å². The number of hydrogen-bond donors (Lipinski definition) is 1. The van der Waals surface area contributed by atoms with Crippen LogP contribution in [0.25, 0.3) is 0 Å². The number of carbonyl (C=O) groups is 1. The third kappa shape index (κ3) is 3.92. The maximum atomic E-state index is 11.9. The lowest BCUT2D eigenvalue weighted by Gasteiger charge is -2.23. The maximum absolute atomic E-state index is 11.9. The second kappa shape index (κ2) is 6.65. The molecule has 0 aromatic carbocycles. The van der Waals surface area contributed by atoms with Crippen molar-refractivity contribution in [2.75, 3.05) is 26.1 Å². The van der Waals surface area contributed by atoms with Crippen LogP contribution >= 0.6 is 11.3 Å². The van der Waals surface area contributed by atoms with Crippen molar-refractivity contribution in [2.45, 2.75) is 32.7 Å². The standard InChI is InChI=1S/C11H20N4O2S/c1-7(2)9-13-14-10(18-9)12-11(16)15(4)8(3)6-17-5/h7-8H,6H2,1-5H3,(H,12,14,16)/t8-/m0/s1. The van der Waals surface area contributed by atoms with Gasteiger partial charge in [0.15, 0.2) is 0 Å². The predicted molar refractivity (Wildman–Crippen MR) is 72.1 cm³/mol. The van der Waals surface area contributed by atoms with Crippen LogP contribution in [0.15, 0.2) is 0 Å².